The molecular weight excluding hydrogens is 240 g/mol. The lowest BCUT2D eigenvalue weighted by Gasteiger charge is -1.96. The average Bonchev–Trinajstić information content (AvgIpc) is 2.83. The molecular formula is C10H10N4O2S. The fourth-order valence-electron chi connectivity index (χ4n) is 1.31. The van der Waals surface area contributed by atoms with Crippen LogP contribution in [0.3, 0.4) is 0 Å². The first kappa shape index (κ1) is 11.3. The van der Waals surface area contributed by atoms with Crippen molar-refractivity contribution < 1.29 is 9.59 Å². The number of carbonyl (C=O) groups is 2. The Morgan fingerprint density at radius 3 is 2.88 bits per heavy atom. The highest BCUT2D eigenvalue weighted by Gasteiger charge is 2.07. The molecule has 0 radical (unpaired) electrons. The minimum atomic E-state index is -0.463. The Kier molecular flexibility index (Phi) is 2.92. The zero-order valence-corrected chi connectivity index (χ0v) is 9.82. The maximum atomic E-state index is 10.9. The quantitative estimate of drug-likeness (QED) is 0.851. The minimum absolute atomic E-state index is 0.160. The molecule has 88 valence electrons. The third-order valence-corrected chi connectivity index (χ3v) is 2.93. The molecule has 2 aromatic rings. The van der Waals surface area contributed by atoms with Crippen LogP contribution in [0.1, 0.15) is 16.6 Å². The Morgan fingerprint density at radius 2 is 2.29 bits per heavy atom. The molecule has 0 aliphatic carbocycles. The molecule has 7 heteroatoms. The van der Waals surface area contributed by atoms with Crippen molar-refractivity contribution in [3.8, 4) is 5.69 Å². The van der Waals surface area contributed by atoms with E-state index in [1.165, 1.54) is 24.5 Å². The first-order chi connectivity index (χ1) is 8.06. The lowest BCUT2D eigenvalue weighted by atomic mass is 10.4. The van der Waals surface area contributed by atoms with E-state index in [9.17, 15) is 9.59 Å². The predicted molar refractivity (Wildman–Crippen MR) is 64.3 cm³/mol. The topological polar surface area (TPSA) is 90.0 Å². The Balaban J connectivity index is 2.24. The van der Waals surface area contributed by atoms with Crippen LogP contribution >= 0.6 is 11.3 Å². The third-order valence-electron chi connectivity index (χ3n) is 2.00. The number of anilines is 1. The summed E-state index contributed by atoms with van der Waals surface area (Å²) in [6.07, 6.45) is 3.19. The number of primary amides is 1. The molecule has 0 saturated heterocycles. The summed E-state index contributed by atoms with van der Waals surface area (Å²) in [6, 6.07) is 1.65. The number of hydrogen-bond acceptors (Lipinski definition) is 4. The van der Waals surface area contributed by atoms with Gasteiger partial charge in [-0.2, -0.15) is 5.10 Å². The number of thiophene rings is 1. The van der Waals surface area contributed by atoms with Gasteiger partial charge in [-0.1, -0.05) is 0 Å². The van der Waals surface area contributed by atoms with Crippen LogP contribution < -0.4 is 11.1 Å². The van der Waals surface area contributed by atoms with Crippen LogP contribution in [0, 0.1) is 0 Å². The van der Waals surface area contributed by atoms with Gasteiger partial charge in [-0.25, -0.2) is 4.68 Å². The Hall–Kier alpha value is -2.15. The molecule has 2 amide bonds. The van der Waals surface area contributed by atoms with Gasteiger partial charge in [0.2, 0.25) is 5.91 Å². The third kappa shape index (κ3) is 2.51. The van der Waals surface area contributed by atoms with E-state index in [1.54, 1.807) is 22.3 Å². The van der Waals surface area contributed by atoms with Crippen molar-refractivity contribution in [2.45, 2.75) is 6.92 Å². The molecule has 2 heterocycles. The summed E-state index contributed by atoms with van der Waals surface area (Å²) >= 11 is 1.25. The molecule has 0 fully saturated rings. The molecule has 0 aliphatic heterocycles. The SMILES string of the molecule is CC(=O)Nc1cnn(-c2csc(C(N)=O)c2)c1. The van der Waals surface area contributed by atoms with E-state index in [4.69, 9.17) is 5.73 Å². The lowest BCUT2D eigenvalue weighted by Crippen LogP contribution is -2.08. The van der Waals surface area contributed by atoms with Gasteiger partial charge in [-0.15, -0.1) is 11.3 Å². The first-order valence-electron chi connectivity index (χ1n) is 4.77. The zero-order valence-electron chi connectivity index (χ0n) is 9.01. The van der Waals surface area contributed by atoms with Crippen molar-refractivity contribution in [3.63, 3.8) is 0 Å². The van der Waals surface area contributed by atoms with E-state index in [-0.39, 0.29) is 5.91 Å². The lowest BCUT2D eigenvalue weighted by molar-refractivity contribution is -0.114. The monoisotopic (exact) mass is 250 g/mol. The first-order valence-corrected chi connectivity index (χ1v) is 5.65. The van der Waals surface area contributed by atoms with E-state index in [0.717, 1.165) is 5.69 Å². The van der Waals surface area contributed by atoms with E-state index in [1.807, 2.05) is 0 Å². The van der Waals surface area contributed by atoms with Crippen molar-refractivity contribution >= 4 is 28.8 Å². The summed E-state index contributed by atoms with van der Waals surface area (Å²) in [5.41, 5.74) is 6.50. The number of aromatic nitrogens is 2. The largest absolute Gasteiger partial charge is 0.365 e. The molecule has 3 N–H and O–H groups in total. The molecule has 6 nitrogen and oxygen atoms in total. The summed E-state index contributed by atoms with van der Waals surface area (Å²) in [4.78, 5) is 22.3. The highest BCUT2D eigenvalue weighted by Crippen LogP contribution is 2.19. The smallest absolute Gasteiger partial charge is 0.258 e. The Labute approximate surface area is 101 Å². The van der Waals surface area contributed by atoms with Gasteiger partial charge >= 0.3 is 0 Å². The minimum Gasteiger partial charge on any atom is -0.365 e. The van der Waals surface area contributed by atoms with Crippen LogP contribution in [-0.4, -0.2) is 21.6 Å². The van der Waals surface area contributed by atoms with Crippen molar-refractivity contribution in [1.29, 1.82) is 0 Å². The van der Waals surface area contributed by atoms with E-state index in [0.29, 0.717) is 10.6 Å². The summed E-state index contributed by atoms with van der Waals surface area (Å²) < 4.78 is 1.56. The van der Waals surface area contributed by atoms with Gasteiger partial charge in [0.1, 0.15) is 0 Å². The van der Waals surface area contributed by atoms with Gasteiger partial charge in [0.25, 0.3) is 5.91 Å². The number of hydrogen-bond donors (Lipinski definition) is 2. The number of amides is 2. The number of nitrogens with one attached hydrogen (secondary N) is 1. The number of nitrogens with two attached hydrogens (primary N) is 1. The summed E-state index contributed by atoms with van der Waals surface area (Å²) in [7, 11) is 0. The number of carbonyl (C=O) groups excluding carboxylic acids is 2. The average molecular weight is 250 g/mol. The van der Waals surface area contributed by atoms with Gasteiger partial charge in [-0.05, 0) is 6.07 Å². The standard InChI is InChI=1S/C10H10N4O2S/c1-6(15)13-7-3-12-14(4-7)8-2-9(10(11)16)17-5-8/h2-5H,1H3,(H2,11,16)(H,13,15). The predicted octanol–water partition coefficient (Wildman–Crippen LogP) is 0.991. The van der Waals surface area contributed by atoms with E-state index >= 15 is 0 Å². The second-order valence-electron chi connectivity index (χ2n) is 3.39. The number of nitrogens with zero attached hydrogens (tertiary/aromatic N) is 2. The molecule has 0 aromatic carbocycles. The van der Waals surface area contributed by atoms with Gasteiger partial charge in [0.05, 0.1) is 28.6 Å². The van der Waals surface area contributed by atoms with Crippen molar-refractivity contribution in [1.82, 2.24) is 9.78 Å². The second-order valence-corrected chi connectivity index (χ2v) is 4.30. The summed E-state index contributed by atoms with van der Waals surface area (Å²) in [5, 5.41) is 8.45. The fourth-order valence-corrected chi connectivity index (χ4v) is 2.04. The highest BCUT2D eigenvalue weighted by atomic mass is 32.1. The van der Waals surface area contributed by atoms with Gasteiger partial charge in [-0.3, -0.25) is 9.59 Å². The van der Waals surface area contributed by atoms with E-state index < -0.39 is 5.91 Å². The molecule has 0 unspecified atom stereocenters. The Bertz CT molecular complexity index is 572. The molecule has 0 atom stereocenters. The highest BCUT2D eigenvalue weighted by molar-refractivity contribution is 7.12. The molecule has 0 spiro atoms. The Morgan fingerprint density at radius 1 is 1.53 bits per heavy atom. The van der Waals surface area contributed by atoms with Crippen LogP contribution in [0.25, 0.3) is 5.69 Å². The summed E-state index contributed by atoms with van der Waals surface area (Å²) in [5.74, 6) is -0.622. The number of rotatable bonds is 3. The fraction of sp³-hybridized carbons (Fsp3) is 0.100. The van der Waals surface area contributed by atoms with Gasteiger partial charge < -0.3 is 11.1 Å². The van der Waals surface area contributed by atoms with Crippen molar-refractivity contribution in [3.05, 3.63) is 28.7 Å². The van der Waals surface area contributed by atoms with Crippen LogP contribution in [0.5, 0.6) is 0 Å². The van der Waals surface area contributed by atoms with Crippen molar-refractivity contribution in [2.24, 2.45) is 5.73 Å². The maximum absolute atomic E-state index is 10.9. The molecule has 2 aromatic heterocycles. The van der Waals surface area contributed by atoms with Crippen LogP contribution in [0.15, 0.2) is 23.8 Å². The second kappa shape index (κ2) is 4.38. The maximum Gasteiger partial charge on any atom is 0.258 e. The molecule has 0 saturated carbocycles. The molecule has 2 rings (SSSR count). The van der Waals surface area contributed by atoms with Crippen molar-refractivity contribution in [2.75, 3.05) is 5.32 Å². The van der Waals surface area contributed by atoms with Crippen LogP contribution in [0.4, 0.5) is 5.69 Å². The van der Waals surface area contributed by atoms with Gasteiger partial charge in [0, 0.05) is 12.3 Å². The summed E-state index contributed by atoms with van der Waals surface area (Å²) in [6.45, 7) is 1.42. The zero-order chi connectivity index (χ0) is 12.4. The van der Waals surface area contributed by atoms with E-state index in [2.05, 4.69) is 10.4 Å². The van der Waals surface area contributed by atoms with Gasteiger partial charge in [0.15, 0.2) is 0 Å². The molecule has 17 heavy (non-hydrogen) atoms. The van der Waals surface area contributed by atoms with Crippen LogP contribution in [0.2, 0.25) is 0 Å². The molecule has 0 aliphatic rings. The molecule has 0 bridgehead atoms. The normalized spacial score (nSPS) is 10.2. The van der Waals surface area contributed by atoms with Crippen LogP contribution in [-0.2, 0) is 4.79 Å².